The number of ether oxygens (including phenoxy) is 1. The van der Waals surface area contributed by atoms with Crippen molar-refractivity contribution in [2.75, 3.05) is 18.2 Å². The maximum atomic E-state index is 12.8. The second-order valence-corrected chi connectivity index (χ2v) is 7.23. The summed E-state index contributed by atoms with van der Waals surface area (Å²) in [5.74, 6) is 0.656. The van der Waals surface area contributed by atoms with Crippen LogP contribution in [0.2, 0.25) is 0 Å². The molecule has 7 nitrogen and oxygen atoms in total. The van der Waals surface area contributed by atoms with Gasteiger partial charge in [-0.3, -0.25) is 14.2 Å². The van der Waals surface area contributed by atoms with Crippen LogP contribution in [-0.2, 0) is 11.3 Å². The Labute approximate surface area is 170 Å². The van der Waals surface area contributed by atoms with E-state index in [1.54, 1.807) is 31.4 Å². The maximum Gasteiger partial charge on any atom is 0.297 e. The third-order valence-electron chi connectivity index (χ3n) is 4.47. The average molecular weight is 409 g/mol. The number of carbonyl (C=O) groups is 1. The van der Waals surface area contributed by atoms with Gasteiger partial charge in [-0.05, 0) is 43.3 Å². The van der Waals surface area contributed by atoms with Gasteiger partial charge in [0.05, 0.1) is 12.9 Å². The van der Waals surface area contributed by atoms with Gasteiger partial charge in [-0.2, -0.15) is 0 Å². The number of fused-ring (bicyclic) bond motifs is 3. The number of aromatic nitrogens is 2. The number of amides is 1. The highest BCUT2D eigenvalue weighted by Crippen LogP contribution is 2.27. The van der Waals surface area contributed by atoms with E-state index in [4.69, 9.17) is 9.15 Å². The summed E-state index contributed by atoms with van der Waals surface area (Å²) in [6.45, 7) is 2.29. The smallest absolute Gasteiger partial charge is 0.297 e. The summed E-state index contributed by atoms with van der Waals surface area (Å²) < 4.78 is 12.3. The molecule has 0 spiro atoms. The lowest BCUT2D eigenvalue weighted by atomic mass is 10.2. The van der Waals surface area contributed by atoms with E-state index in [0.717, 1.165) is 5.39 Å². The van der Waals surface area contributed by atoms with Crippen LogP contribution in [0.4, 0.5) is 5.69 Å². The highest BCUT2D eigenvalue weighted by atomic mass is 32.2. The highest BCUT2D eigenvalue weighted by molar-refractivity contribution is 7.99. The van der Waals surface area contributed by atoms with Crippen molar-refractivity contribution in [1.82, 2.24) is 9.55 Å². The van der Waals surface area contributed by atoms with Gasteiger partial charge in [0.1, 0.15) is 16.8 Å². The second kappa shape index (κ2) is 8.00. The predicted octanol–water partition coefficient (Wildman–Crippen LogP) is 3.90. The Morgan fingerprint density at radius 2 is 1.97 bits per heavy atom. The molecule has 0 radical (unpaired) electrons. The lowest BCUT2D eigenvalue weighted by Gasteiger charge is -2.10. The van der Waals surface area contributed by atoms with Crippen molar-refractivity contribution in [3.05, 3.63) is 58.9 Å². The Balaban J connectivity index is 1.58. The Hall–Kier alpha value is -3.26. The predicted molar refractivity (Wildman–Crippen MR) is 114 cm³/mol. The summed E-state index contributed by atoms with van der Waals surface area (Å²) in [5, 5.41) is 4.10. The number of hydrogen-bond donors (Lipinski definition) is 1. The van der Waals surface area contributed by atoms with Crippen LogP contribution in [0.5, 0.6) is 5.75 Å². The van der Waals surface area contributed by atoms with Crippen LogP contribution < -0.4 is 15.6 Å². The number of nitrogens with zero attached hydrogens (tertiary/aromatic N) is 2. The first-order valence-corrected chi connectivity index (χ1v) is 10.1. The van der Waals surface area contributed by atoms with E-state index < -0.39 is 0 Å². The van der Waals surface area contributed by atoms with Crippen LogP contribution in [0.1, 0.15) is 6.92 Å². The number of carbonyl (C=O) groups excluding carboxylic acids is 1. The van der Waals surface area contributed by atoms with E-state index in [-0.39, 0.29) is 22.8 Å². The average Bonchev–Trinajstić information content (AvgIpc) is 3.12. The molecule has 0 unspecified atom stereocenters. The third-order valence-corrected chi connectivity index (χ3v) is 5.45. The monoisotopic (exact) mass is 409 g/mol. The first-order chi connectivity index (χ1) is 14.1. The summed E-state index contributed by atoms with van der Waals surface area (Å²) in [5.41, 5.74) is 1.81. The Morgan fingerprint density at radius 1 is 1.21 bits per heavy atom. The first-order valence-electron chi connectivity index (χ1n) is 9.09. The zero-order chi connectivity index (χ0) is 20.4. The van der Waals surface area contributed by atoms with Crippen molar-refractivity contribution in [1.29, 1.82) is 0 Å². The van der Waals surface area contributed by atoms with Crippen LogP contribution in [0.25, 0.3) is 22.1 Å². The fourth-order valence-electron chi connectivity index (χ4n) is 3.04. The molecule has 0 saturated carbocycles. The van der Waals surface area contributed by atoms with Gasteiger partial charge in [-0.25, -0.2) is 4.98 Å². The maximum absolute atomic E-state index is 12.8. The topological polar surface area (TPSA) is 86.4 Å². The molecule has 8 heteroatoms. The largest absolute Gasteiger partial charge is 0.497 e. The van der Waals surface area contributed by atoms with E-state index in [0.29, 0.717) is 34.2 Å². The molecule has 2 aromatic carbocycles. The molecule has 0 saturated heterocycles. The van der Waals surface area contributed by atoms with Gasteiger partial charge in [-0.1, -0.05) is 23.9 Å². The molecular weight excluding hydrogens is 390 g/mol. The molecule has 29 heavy (non-hydrogen) atoms. The number of nitrogens with one attached hydrogen (secondary N) is 1. The molecule has 0 fully saturated rings. The molecule has 2 aromatic heterocycles. The molecule has 0 aliphatic rings. The molecule has 0 aliphatic heterocycles. The molecule has 1 amide bonds. The lowest BCUT2D eigenvalue weighted by Crippen LogP contribution is -2.23. The van der Waals surface area contributed by atoms with Gasteiger partial charge in [0, 0.05) is 17.6 Å². The van der Waals surface area contributed by atoms with Crippen LogP contribution in [-0.4, -0.2) is 28.3 Å². The number of methoxy groups -OCH3 is 1. The summed E-state index contributed by atoms with van der Waals surface area (Å²) in [6, 6.07) is 14.5. The van der Waals surface area contributed by atoms with Crippen molar-refractivity contribution >= 4 is 45.4 Å². The molecule has 148 valence electrons. The first kappa shape index (κ1) is 19.1. The Kier molecular flexibility index (Phi) is 5.26. The van der Waals surface area contributed by atoms with E-state index in [9.17, 15) is 9.59 Å². The second-order valence-electron chi connectivity index (χ2n) is 6.29. The quantitative estimate of drug-likeness (QED) is 0.384. The Morgan fingerprint density at radius 3 is 2.69 bits per heavy atom. The normalized spacial score (nSPS) is 11.1. The summed E-state index contributed by atoms with van der Waals surface area (Å²) in [6.07, 6.45) is 0. The summed E-state index contributed by atoms with van der Waals surface area (Å²) >= 11 is 1.22. The molecule has 0 bridgehead atoms. The number of benzene rings is 2. The zero-order valence-corrected chi connectivity index (χ0v) is 16.8. The highest BCUT2D eigenvalue weighted by Gasteiger charge is 2.17. The van der Waals surface area contributed by atoms with Crippen molar-refractivity contribution in [3.8, 4) is 5.75 Å². The van der Waals surface area contributed by atoms with Crippen LogP contribution in [0, 0.1) is 0 Å². The van der Waals surface area contributed by atoms with E-state index in [1.165, 1.54) is 16.3 Å². The number of rotatable bonds is 6. The fraction of sp³-hybridized carbons (Fsp3) is 0.190. The molecule has 4 rings (SSSR count). The summed E-state index contributed by atoms with van der Waals surface area (Å²) in [7, 11) is 1.59. The van der Waals surface area contributed by atoms with Crippen molar-refractivity contribution in [2.45, 2.75) is 18.6 Å². The van der Waals surface area contributed by atoms with Crippen molar-refractivity contribution in [3.63, 3.8) is 0 Å². The van der Waals surface area contributed by atoms with Crippen LogP contribution >= 0.6 is 11.8 Å². The van der Waals surface area contributed by atoms with Gasteiger partial charge >= 0.3 is 0 Å². The number of anilines is 1. The van der Waals surface area contributed by atoms with Crippen LogP contribution in [0.3, 0.4) is 0 Å². The van der Waals surface area contributed by atoms with Gasteiger partial charge < -0.3 is 14.5 Å². The van der Waals surface area contributed by atoms with Gasteiger partial charge in [0.25, 0.3) is 5.56 Å². The number of para-hydroxylation sites is 1. The minimum absolute atomic E-state index is 0.125. The zero-order valence-electron chi connectivity index (χ0n) is 16.0. The molecule has 0 atom stereocenters. The Bertz CT molecular complexity index is 1240. The third kappa shape index (κ3) is 3.71. The van der Waals surface area contributed by atoms with E-state index in [2.05, 4.69) is 10.3 Å². The van der Waals surface area contributed by atoms with Gasteiger partial charge in [0.2, 0.25) is 11.5 Å². The van der Waals surface area contributed by atoms with E-state index >= 15 is 0 Å². The molecule has 1 N–H and O–H groups in total. The SMILES string of the molecule is CCn1c(SCC(=O)Nc2ccc(OC)cc2)nc2c(oc3ccccc32)c1=O. The molecule has 0 aliphatic carbocycles. The van der Waals surface area contributed by atoms with Gasteiger partial charge in [-0.15, -0.1) is 0 Å². The molecule has 2 heterocycles. The minimum Gasteiger partial charge on any atom is -0.497 e. The summed E-state index contributed by atoms with van der Waals surface area (Å²) in [4.78, 5) is 29.8. The fourth-order valence-corrected chi connectivity index (χ4v) is 3.90. The number of furan rings is 1. The van der Waals surface area contributed by atoms with Crippen molar-refractivity contribution < 1.29 is 13.9 Å². The number of hydrogen-bond acceptors (Lipinski definition) is 6. The standard InChI is InChI=1S/C21H19N3O4S/c1-3-24-20(26)19-18(15-6-4-5-7-16(15)28-19)23-21(24)29-12-17(25)22-13-8-10-14(27-2)11-9-13/h4-11H,3,12H2,1-2H3,(H,22,25). The van der Waals surface area contributed by atoms with E-state index in [1.807, 2.05) is 31.2 Å². The molecule has 4 aromatic rings. The lowest BCUT2D eigenvalue weighted by molar-refractivity contribution is -0.113. The number of thioether (sulfide) groups is 1. The minimum atomic E-state index is -0.244. The van der Waals surface area contributed by atoms with Gasteiger partial charge in [0.15, 0.2) is 5.16 Å². The molecular formula is C21H19N3O4S. The van der Waals surface area contributed by atoms with Crippen LogP contribution in [0.15, 0.2) is 62.9 Å². The van der Waals surface area contributed by atoms with Crippen molar-refractivity contribution in [2.24, 2.45) is 0 Å².